The SMILES string of the molecule is CCn1ncc(C2=NO[C@@H](C(=O)N3CCN(c4cc(Cl)ccc4C)CC3)C2)c1C. The van der Waals surface area contributed by atoms with Gasteiger partial charge >= 0.3 is 0 Å². The molecule has 0 bridgehead atoms. The van der Waals surface area contributed by atoms with Crippen molar-refractivity contribution in [3.8, 4) is 0 Å². The Balaban J connectivity index is 1.36. The summed E-state index contributed by atoms with van der Waals surface area (Å²) >= 11 is 6.16. The van der Waals surface area contributed by atoms with Crippen LogP contribution in [0, 0.1) is 13.8 Å². The fraction of sp³-hybridized carbons (Fsp3) is 0.476. The molecule has 1 aromatic carbocycles. The molecule has 0 N–H and O–H groups in total. The Hall–Kier alpha value is -2.54. The van der Waals surface area contributed by atoms with Gasteiger partial charge in [-0.15, -0.1) is 0 Å². The van der Waals surface area contributed by atoms with Gasteiger partial charge in [0.05, 0.1) is 11.9 Å². The Kier molecular flexibility index (Phi) is 5.50. The lowest BCUT2D eigenvalue weighted by Gasteiger charge is -2.37. The largest absolute Gasteiger partial charge is 0.382 e. The zero-order valence-electron chi connectivity index (χ0n) is 17.1. The Morgan fingerprint density at radius 1 is 1.24 bits per heavy atom. The van der Waals surface area contributed by atoms with Gasteiger partial charge in [0.1, 0.15) is 0 Å². The molecule has 0 saturated carbocycles. The lowest BCUT2D eigenvalue weighted by molar-refractivity contribution is -0.142. The molecule has 2 aromatic rings. The molecule has 7 nitrogen and oxygen atoms in total. The Morgan fingerprint density at radius 3 is 2.69 bits per heavy atom. The molecule has 1 aromatic heterocycles. The average Bonchev–Trinajstić information content (AvgIpc) is 3.36. The maximum absolute atomic E-state index is 13.0. The van der Waals surface area contributed by atoms with E-state index in [4.69, 9.17) is 16.4 Å². The van der Waals surface area contributed by atoms with Gasteiger partial charge in [0.15, 0.2) is 0 Å². The molecule has 1 amide bonds. The van der Waals surface area contributed by atoms with Crippen molar-refractivity contribution in [1.82, 2.24) is 14.7 Å². The Bertz CT molecular complexity index is 947. The first kappa shape index (κ1) is 19.8. The monoisotopic (exact) mass is 415 g/mol. The summed E-state index contributed by atoms with van der Waals surface area (Å²) in [5, 5.41) is 9.28. The molecule has 0 spiro atoms. The predicted octanol–water partition coefficient (Wildman–Crippen LogP) is 3.02. The van der Waals surface area contributed by atoms with Gasteiger partial charge in [0, 0.05) is 61.1 Å². The minimum absolute atomic E-state index is 0.00625. The topological polar surface area (TPSA) is 63.0 Å². The van der Waals surface area contributed by atoms with E-state index in [1.54, 1.807) is 6.20 Å². The highest BCUT2D eigenvalue weighted by Crippen LogP contribution is 2.26. The van der Waals surface area contributed by atoms with Gasteiger partial charge < -0.3 is 14.6 Å². The zero-order chi connectivity index (χ0) is 20.5. The average molecular weight is 416 g/mol. The maximum Gasteiger partial charge on any atom is 0.267 e. The van der Waals surface area contributed by atoms with E-state index < -0.39 is 6.10 Å². The molecule has 0 aliphatic carbocycles. The van der Waals surface area contributed by atoms with Gasteiger partial charge in [-0.3, -0.25) is 9.48 Å². The van der Waals surface area contributed by atoms with Crippen LogP contribution in [0.25, 0.3) is 0 Å². The molecule has 2 aliphatic rings. The molecule has 0 radical (unpaired) electrons. The first-order chi connectivity index (χ1) is 14.0. The molecule has 2 aliphatic heterocycles. The van der Waals surface area contributed by atoms with Crippen molar-refractivity contribution in [3.05, 3.63) is 46.2 Å². The normalized spacial score (nSPS) is 19.3. The predicted molar refractivity (Wildman–Crippen MR) is 114 cm³/mol. The van der Waals surface area contributed by atoms with Crippen molar-refractivity contribution in [2.45, 2.75) is 39.8 Å². The third-order valence-electron chi connectivity index (χ3n) is 5.76. The second kappa shape index (κ2) is 8.06. The van der Waals surface area contributed by atoms with Crippen LogP contribution in [0.3, 0.4) is 0 Å². The second-order valence-electron chi connectivity index (χ2n) is 7.54. The fourth-order valence-electron chi connectivity index (χ4n) is 4.01. The highest BCUT2D eigenvalue weighted by Gasteiger charge is 2.34. The van der Waals surface area contributed by atoms with Crippen LogP contribution in [0.15, 0.2) is 29.6 Å². The van der Waals surface area contributed by atoms with Crippen LogP contribution in [-0.2, 0) is 16.2 Å². The lowest BCUT2D eigenvalue weighted by atomic mass is 10.0. The molecule has 154 valence electrons. The number of halogens is 1. The number of carbonyl (C=O) groups excluding carboxylic acids is 1. The third-order valence-corrected chi connectivity index (χ3v) is 6.00. The number of nitrogens with zero attached hydrogens (tertiary/aromatic N) is 5. The van der Waals surface area contributed by atoms with E-state index >= 15 is 0 Å². The first-order valence-electron chi connectivity index (χ1n) is 10.0. The van der Waals surface area contributed by atoms with E-state index in [0.717, 1.165) is 47.3 Å². The molecule has 0 unspecified atom stereocenters. The molecule has 8 heteroatoms. The van der Waals surface area contributed by atoms with Crippen molar-refractivity contribution < 1.29 is 9.63 Å². The van der Waals surface area contributed by atoms with Crippen LogP contribution >= 0.6 is 11.6 Å². The van der Waals surface area contributed by atoms with Crippen LogP contribution < -0.4 is 4.90 Å². The van der Waals surface area contributed by atoms with Crippen LogP contribution in [0.4, 0.5) is 5.69 Å². The molecule has 1 fully saturated rings. The van der Waals surface area contributed by atoms with E-state index in [1.807, 2.05) is 41.6 Å². The van der Waals surface area contributed by atoms with Crippen molar-refractivity contribution in [1.29, 1.82) is 0 Å². The van der Waals surface area contributed by atoms with Gasteiger partial charge in [-0.05, 0) is 38.5 Å². The van der Waals surface area contributed by atoms with E-state index in [1.165, 1.54) is 5.56 Å². The van der Waals surface area contributed by atoms with Crippen molar-refractivity contribution in [3.63, 3.8) is 0 Å². The zero-order valence-corrected chi connectivity index (χ0v) is 17.8. The van der Waals surface area contributed by atoms with Crippen molar-refractivity contribution in [2.75, 3.05) is 31.1 Å². The molecule has 1 saturated heterocycles. The molecule has 29 heavy (non-hydrogen) atoms. The summed E-state index contributed by atoms with van der Waals surface area (Å²) in [6.45, 7) is 9.81. The van der Waals surface area contributed by atoms with Gasteiger partial charge in [-0.1, -0.05) is 22.8 Å². The van der Waals surface area contributed by atoms with Gasteiger partial charge in [-0.2, -0.15) is 5.10 Å². The van der Waals surface area contributed by atoms with E-state index in [0.29, 0.717) is 19.5 Å². The number of hydrogen-bond acceptors (Lipinski definition) is 5. The van der Waals surface area contributed by atoms with Gasteiger partial charge in [0.2, 0.25) is 6.10 Å². The summed E-state index contributed by atoms with van der Waals surface area (Å²) in [5.74, 6) is 0.00625. The van der Waals surface area contributed by atoms with Crippen molar-refractivity contribution in [2.24, 2.45) is 5.16 Å². The van der Waals surface area contributed by atoms with Crippen LogP contribution in [0.5, 0.6) is 0 Å². The number of hydrogen-bond donors (Lipinski definition) is 0. The number of amides is 1. The Labute approximate surface area is 175 Å². The summed E-state index contributed by atoms with van der Waals surface area (Å²) in [6.07, 6.45) is 1.75. The van der Waals surface area contributed by atoms with Crippen LogP contribution in [-0.4, -0.2) is 58.6 Å². The number of aryl methyl sites for hydroxylation is 2. The Morgan fingerprint density at radius 2 is 2.00 bits per heavy atom. The van der Waals surface area contributed by atoms with Crippen LogP contribution in [0.2, 0.25) is 5.02 Å². The lowest BCUT2D eigenvalue weighted by Crippen LogP contribution is -2.51. The number of benzene rings is 1. The minimum Gasteiger partial charge on any atom is -0.382 e. The van der Waals surface area contributed by atoms with Crippen LogP contribution in [0.1, 0.15) is 30.2 Å². The standard InChI is InChI=1S/C21H26ClN5O2/c1-4-27-15(3)17(13-23-27)18-12-20(29-24-18)21(28)26-9-7-25(8-10-26)19-11-16(22)6-5-14(19)2/h5-6,11,13,20H,4,7-10,12H2,1-3H3/t20-/m1/s1. The second-order valence-corrected chi connectivity index (χ2v) is 7.98. The van der Waals surface area contributed by atoms with E-state index in [9.17, 15) is 4.79 Å². The quantitative estimate of drug-likeness (QED) is 0.770. The van der Waals surface area contributed by atoms with Gasteiger partial charge in [-0.25, -0.2) is 0 Å². The van der Waals surface area contributed by atoms with Gasteiger partial charge in [0.25, 0.3) is 5.91 Å². The number of oxime groups is 1. The summed E-state index contributed by atoms with van der Waals surface area (Å²) in [7, 11) is 0. The first-order valence-corrected chi connectivity index (χ1v) is 10.4. The number of rotatable bonds is 4. The van der Waals surface area contributed by atoms with E-state index in [-0.39, 0.29) is 5.91 Å². The number of anilines is 1. The minimum atomic E-state index is -0.547. The highest BCUT2D eigenvalue weighted by atomic mass is 35.5. The van der Waals surface area contributed by atoms with E-state index in [2.05, 4.69) is 22.1 Å². The summed E-state index contributed by atoms with van der Waals surface area (Å²) < 4.78 is 1.92. The number of carbonyl (C=O) groups is 1. The summed E-state index contributed by atoms with van der Waals surface area (Å²) in [5.41, 5.74) is 5.13. The molecule has 4 rings (SSSR count). The molecule has 3 heterocycles. The third kappa shape index (κ3) is 3.83. The number of piperazine rings is 1. The summed E-state index contributed by atoms with van der Waals surface area (Å²) in [6, 6.07) is 5.93. The number of aromatic nitrogens is 2. The summed E-state index contributed by atoms with van der Waals surface area (Å²) in [4.78, 5) is 22.6. The maximum atomic E-state index is 13.0. The molecular weight excluding hydrogens is 390 g/mol. The molecular formula is C21H26ClN5O2. The van der Waals surface area contributed by atoms with Crippen molar-refractivity contribution >= 4 is 28.9 Å². The smallest absolute Gasteiger partial charge is 0.267 e. The highest BCUT2D eigenvalue weighted by molar-refractivity contribution is 6.30. The fourth-order valence-corrected chi connectivity index (χ4v) is 4.18. The molecule has 1 atom stereocenters.